The zero-order chi connectivity index (χ0) is 16.2. The number of tetrazole rings is 1. The Kier molecular flexibility index (Phi) is 3.91. The van der Waals surface area contributed by atoms with Crippen LogP contribution in [0.1, 0.15) is 18.2 Å². The predicted molar refractivity (Wildman–Crippen MR) is 84.6 cm³/mol. The van der Waals surface area contributed by atoms with Crippen LogP contribution >= 0.6 is 0 Å². The third kappa shape index (κ3) is 3.46. The first-order valence-corrected chi connectivity index (χ1v) is 6.84. The molecule has 0 spiro atoms. The summed E-state index contributed by atoms with van der Waals surface area (Å²) in [5.74, 6) is 0.297. The number of nitrogens with zero attached hydrogens (tertiary/aromatic N) is 6. The van der Waals surface area contributed by atoms with Crippen molar-refractivity contribution >= 4 is 11.7 Å². The van der Waals surface area contributed by atoms with Crippen molar-refractivity contribution in [2.75, 3.05) is 5.43 Å². The van der Waals surface area contributed by atoms with Crippen molar-refractivity contribution in [1.82, 2.24) is 30.2 Å². The molecule has 0 radical (unpaired) electrons. The molecule has 116 valence electrons. The van der Waals surface area contributed by atoms with E-state index in [0.29, 0.717) is 11.6 Å². The first-order valence-electron chi connectivity index (χ1n) is 6.84. The number of anilines is 1. The molecule has 0 unspecified atom stereocenters. The fourth-order valence-electron chi connectivity index (χ4n) is 1.99. The number of benzene rings is 1. The number of hydrogen-bond donors (Lipinski definition) is 2. The van der Waals surface area contributed by atoms with Crippen LogP contribution in [0.15, 0.2) is 46.6 Å². The maximum absolute atomic E-state index is 11.4. The van der Waals surface area contributed by atoms with E-state index in [2.05, 4.69) is 36.0 Å². The van der Waals surface area contributed by atoms with Gasteiger partial charge < -0.3 is 0 Å². The van der Waals surface area contributed by atoms with Crippen molar-refractivity contribution in [3.05, 3.63) is 58.3 Å². The van der Waals surface area contributed by atoms with Gasteiger partial charge in [-0.2, -0.15) is 5.10 Å². The van der Waals surface area contributed by atoms with Crippen LogP contribution < -0.4 is 11.0 Å². The summed E-state index contributed by atoms with van der Waals surface area (Å²) in [6.45, 7) is 3.59. The van der Waals surface area contributed by atoms with E-state index in [0.717, 1.165) is 17.0 Å². The number of hydrazone groups is 1. The zero-order valence-electron chi connectivity index (χ0n) is 12.6. The maximum atomic E-state index is 11.4. The molecule has 2 aromatic heterocycles. The summed E-state index contributed by atoms with van der Waals surface area (Å²) in [5.41, 5.74) is 5.58. The minimum atomic E-state index is -0.228. The largest absolute Gasteiger partial charge is 0.291 e. The van der Waals surface area contributed by atoms with E-state index in [-0.39, 0.29) is 5.56 Å². The third-order valence-corrected chi connectivity index (χ3v) is 3.08. The molecular weight excluding hydrogens is 296 g/mol. The SMILES string of the molecule is C/C(=N/Nc1nc(C)cc(=O)[nH]1)c1cccc(-n2cnnn2)c1. The van der Waals surface area contributed by atoms with Gasteiger partial charge in [0.05, 0.1) is 11.4 Å². The van der Waals surface area contributed by atoms with Crippen LogP contribution in [0.5, 0.6) is 0 Å². The Hall–Kier alpha value is -3.36. The molecule has 3 rings (SSSR count). The Balaban J connectivity index is 1.83. The van der Waals surface area contributed by atoms with Crippen molar-refractivity contribution in [2.45, 2.75) is 13.8 Å². The van der Waals surface area contributed by atoms with Crippen LogP contribution in [-0.4, -0.2) is 35.9 Å². The number of H-pyrrole nitrogens is 1. The second kappa shape index (κ2) is 6.18. The summed E-state index contributed by atoms with van der Waals surface area (Å²) in [5, 5.41) is 15.3. The highest BCUT2D eigenvalue weighted by Gasteiger charge is 2.03. The van der Waals surface area contributed by atoms with Crippen LogP contribution in [0.3, 0.4) is 0 Å². The number of aromatic nitrogens is 6. The molecule has 0 bridgehead atoms. The highest BCUT2D eigenvalue weighted by atomic mass is 16.1. The van der Waals surface area contributed by atoms with Crippen molar-refractivity contribution in [3.8, 4) is 5.69 Å². The van der Waals surface area contributed by atoms with Crippen LogP contribution in [0.2, 0.25) is 0 Å². The fraction of sp³-hybridized carbons (Fsp3) is 0.143. The van der Waals surface area contributed by atoms with E-state index in [1.807, 2.05) is 31.2 Å². The molecule has 0 fully saturated rings. The molecule has 9 heteroatoms. The summed E-state index contributed by atoms with van der Waals surface area (Å²) < 4.78 is 1.56. The summed E-state index contributed by atoms with van der Waals surface area (Å²) in [4.78, 5) is 18.1. The molecule has 3 aromatic rings. The van der Waals surface area contributed by atoms with Gasteiger partial charge in [0.1, 0.15) is 6.33 Å². The number of rotatable bonds is 4. The number of aromatic amines is 1. The monoisotopic (exact) mass is 310 g/mol. The fourth-order valence-corrected chi connectivity index (χ4v) is 1.99. The minimum Gasteiger partial charge on any atom is -0.291 e. The number of hydrogen-bond acceptors (Lipinski definition) is 7. The molecule has 2 N–H and O–H groups in total. The van der Waals surface area contributed by atoms with E-state index in [1.54, 1.807) is 11.6 Å². The Morgan fingerprint density at radius 1 is 1.35 bits per heavy atom. The summed E-state index contributed by atoms with van der Waals surface area (Å²) in [6.07, 6.45) is 1.52. The molecule has 23 heavy (non-hydrogen) atoms. The Morgan fingerprint density at radius 2 is 2.22 bits per heavy atom. The average molecular weight is 310 g/mol. The topological polar surface area (TPSA) is 114 Å². The second-order valence-electron chi connectivity index (χ2n) is 4.85. The molecule has 1 aromatic carbocycles. The van der Waals surface area contributed by atoms with Crippen molar-refractivity contribution in [1.29, 1.82) is 0 Å². The molecule has 0 amide bonds. The highest BCUT2D eigenvalue weighted by Crippen LogP contribution is 2.10. The lowest BCUT2D eigenvalue weighted by Gasteiger charge is -2.05. The predicted octanol–water partition coefficient (Wildman–Crippen LogP) is 0.890. The number of aryl methyl sites for hydroxylation is 1. The lowest BCUT2D eigenvalue weighted by molar-refractivity contribution is 0.789. The quantitative estimate of drug-likeness (QED) is 0.546. The first kappa shape index (κ1) is 14.6. The molecule has 0 aliphatic rings. The van der Waals surface area contributed by atoms with Gasteiger partial charge in [0.2, 0.25) is 5.95 Å². The van der Waals surface area contributed by atoms with Gasteiger partial charge in [0.15, 0.2) is 0 Å². The molecule has 0 saturated carbocycles. The Morgan fingerprint density at radius 3 is 2.96 bits per heavy atom. The van der Waals surface area contributed by atoms with Crippen molar-refractivity contribution in [2.24, 2.45) is 5.10 Å². The molecule has 0 saturated heterocycles. The Labute approximate surface area is 131 Å². The minimum absolute atomic E-state index is 0.228. The first-order chi connectivity index (χ1) is 11.1. The van der Waals surface area contributed by atoms with Crippen molar-refractivity contribution in [3.63, 3.8) is 0 Å². The van der Waals surface area contributed by atoms with E-state index < -0.39 is 0 Å². The van der Waals surface area contributed by atoms with E-state index in [4.69, 9.17) is 0 Å². The van der Waals surface area contributed by atoms with Crippen LogP contribution in [-0.2, 0) is 0 Å². The molecule has 0 atom stereocenters. The van der Waals surface area contributed by atoms with E-state index >= 15 is 0 Å². The average Bonchev–Trinajstić information content (AvgIpc) is 3.06. The van der Waals surface area contributed by atoms with Crippen LogP contribution in [0.25, 0.3) is 5.69 Å². The normalized spacial score (nSPS) is 11.5. The standard InChI is InChI=1S/C14H14N8O/c1-9-6-13(23)17-14(16-9)19-18-10(2)11-4-3-5-12(7-11)22-8-15-20-21-22/h3-8H,1-2H3,(H2,16,17,19,23)/b18-10-. The van der Waals surface area contributed by atoms with Crippen LogP contribution in [0.4, 0.5) is 5.95 Å². The van der Waals surface area contributed by atoms with Gasteiger partial charge in [0, 0.05) is 11.8 Å². The van der Waals surface area contributed by atoms with Crippen LogP contribution in [0, 0.1) is 6.92 Å². The number of nitrogens with one attached hydrogen (secondary N) is 2. The van der Waals surface area contributed by atoms with Gasteiger partial charge >= 0.3 is 0 Å². The second-order valence-corrected chi connectivity index (χ2v) is 4.85. The van der Waals surface area contributed by atoms with Gasteiger partial charge in [-0.25, -0.2) is 15.1 Å². The molecule has 0 aliphatic carbocycles. The highest BCUT2D eigenvalue weighted by molar-refractivity contribution is 5.99. The lowest BCUT2D eigenvalue weighted by atomic mass is 10.1. The van der Waals surface area contributed by atoms with Gasteiger partial charge in [-0.15, -0.1) is 5.10 Å². The summed E-state index contributed by atoms with van der Waals surface area (Å²) >= 11 is 0. The smallest absolute Gasteiger partial charge is 0.252 e. The lowest BCUT2D eigenvalue weighted by Crippen LogP contribution is -2.11. The summed E-state index contributed by atoms with van der Waals surface area (Å²) in [6, 6.07) is 9.01. The van der Waals surface area contributed by atoms with Gasteiger partial charge in [-0.3, -0.25) is 9.78 Å². The third-order valence-electron chi connectivity index (χ3n) is 3.08. The van der Waals surface area contributed by atoms with Gasteiger partial charge in [0.25, 0.3) is 5.56 Å². The molecule has 9 nitrogen and oxygen atoms in total. The maximum Gasteiger partial charge on any atom is 0.252 e. The van der Waals surface area contributed by atoms with Crippen molar-refractivity contribution < 1.29 is 0 Å². The van der Waals surface area contributed by atoms with Gasteiger partial charge in [-0.05, 0) is 42.0 Å². The van der Waals surface area contributed by atoms with Gasteiger partial charge in [-0.1, -0.05) is 12.1 Å². The van der Waals surface area contributed by atoms with E-state index in [1.165, 1.54) is 12.4 Å². The molecule has 2 heterocycles. The summed E-state index contributed by atoms with van der Waals surface area (Å²) in [7, 11) is 0. The molecule has 0 aliphatic heterocycles. The Bertz CT molecular complexity index is 897. The van der Waals surface area contributed by atoms with E-state index in [9.17, 15) is 4.79 Å². The molecular formula is C14H14N8O. The zero-order valence-corrected chi connectivity index (χ0v) is 12.6.